The van der Waals surface area contributed by atoms with Crippen molar-refractivity contribution in [1.82, 2.24) is 0 Å². The Morgan fingerprint density at radius 1 is 1.39 bits per heavy atom. The van der Waals surface area contributed by atoms with E-state index in [0.717, 1.165) is 31.3 Å². The molecule has 0 aliphatic heterocycles. The molecule has 0 heterocycles. The third-order valence-electron chi connectivity index (χ3n) is 5.17. The Balaban J connectivity index is 2.26. The molecule has 0 aromatic rings. The molecular weight excluding hydrogens is 228 g/mol. The summed E-state index contributed by atoms with van der Waals surface area (Å²) in [6.07, 6.45) is 5.82. The molecule has 0 radical (unpaired) electrons. The molecule has 2 aliphatic rings. The maximum atomic E-state index is 10.5. The van der Waals surface area contributed by atoms with Crippen molar-refractivity contribution >= 4 is 0 Å². The Morgan fingerprint density at radius 2 is 2.11 bits per heavy atom. The lowest BCUT2D eigenvalue weighted by Crippen LogP contribution is -2.48. The van der Waals surface area contributed by atoms with Crippen LogP contribution in [0.15, 0.2) is 11.6 Å². The fourth-order valence-corrected chi connectivity index (χ4v) is 3.92. The summed E-state index contributed by atoms with van der Waals surface area (Å²) in [5.74, 6) is 1.29. The van der Waals surface area contributed by atoms with Crippen LogP contribution in [0.5, 0.6) is 0 Å². The summed E-state index contributed by atoms with van der Waals surface area (Å²) in [6.45, 7) is 4.37. The van der Waals surface area contributed by atoms with E-state index >= 15 is 0 Å². The summed E-state index contributed by atoms with van der Waals surface area (Å²) >= 11 is 0. The number of hydrogen-bond acceptors (Lipinski definition) is 3. The van der Waals surface area contributed by atoms with Gasteiger partial charge in [-0.3, -0.25) is 0 Å². The third-order valence-corrected chi connectivity index (χ3v) is 5.17. The van der Waals surface area contributed by atoms with Crippen LogP contribution in [0.25, 0.3) is 0 Å². The van der Waals surface area contributed by atoms with Crippen LogP contribution in [0.1, 0.15) is 39.5 Å². The third kappa shape index (κ3) is 2.49. The molecule has 0 saturated heterocycles. The molecule has 3 nitrogen and oxygen atoms in total. The largest absolute Gasteiger partial charge is 0.396 e. The monoisotopic (exact) mass is 254 g/mol. The van der Waals surface area contributed by atoms with Crippen LogP contribution in [0, 0.1) is 23.7 Å². The second kappa shape index (κ2) is 5.32. The SMILES string of the molecule is C[C@H](CO)[C@@H]1CC[C@@](C)(O)[C@@H]2CCC(CO)=C[C@@H]12. The molecule has 5 atom stereocenters. The normalized spacial score (nSPS) is 42.1. The van der Waals surface area contributed by atoms with Crippen molar-refractivity contribution in [3.8, 4) is 0 Å². The Hall–Kier alpha value is -0.380. The van der Waals surface area contributed by atoms with Gasteiger partial charge in [-0.25, -0.2) is 0 Å². The first-order valence-corrected chi connectivity index (χ1v) is 7.13. The average Bonchev–Trinajstić information content (AvgIpc) is 2.37. The fraction of sp³-hybridized carbons (Fsp3) is 0.867. The molecule has 0 spiro atoms. The highest BCUT2D eigenvalue weighted by Crippen LogP contribution is 2.49. The van der Waals surface area contributed by atoms with Gasteiger partial charge in [0.05, 0.1) is 12.2 Å². The van der Waals surface area contributed by atoms with Gasteiger partial charge in [0.25, 0.3) is 0 Å². The van der Waals surface area contributed by atoms with Gasteiger partial charge in [0, 0.05) is 6.61 Å². The van der Waals surface area contributed by atoms with Gasteiger partial charge < -0.3 is 15.3 Å². The lowest BCUT2D eigenvalue weighted by molar-refractivity contribution is -0.0856. The van der Waals surface area contributed by atoms with Gasteiger partial charge in [-0.05, 0) is 61.9 Å². The highest BCUT2D eigenvalue weighted by molar-refractivity contribution is 5.15. The predicted octanol–water partition coefficient (Wildman–Crippen LogP) is 1.72. The van der Waals surface area contributed by atoms with Gasteiger partial charge in [0.1, 0.15) is 0 Å². The van der Waals surface area contributed by atoms with Crippen molar-refractivity contribution in [3.05, 3.63) is 11.6 Å². The molecule has 0 aromatic carbocycles. The number of rotatable bonds is 3. The lowest BCUT2D eigenvalue weighted by Gasteiger charge is -2.49. The van der Waals surface area contributed by atoms with Crippen molar-refractivity contribution in [1.29, 1.82) is 0 Å². The van der Waals surface area contributed by atoms with Crippen LogP contribution < -0.4 is 0 Å². The maximum Gasteiger partial charge on any atom is 0.0653 e. The Kier molecular flexibility index (Phi) is 4.15. The molecule has 3 heteroatoms. The minimum Gasteiger partial charge on any atom is -0.396 e. The maximum absolute atomic E-state index is 10.5. The molecular formula is C15H26O3. The Bertz CT molecular complexity index is 322. The van der Waals surface area contributed by atoms with Crippen LogP contribution in [0.4, 0.5) is 0 Å². The smallest absolute Gasteiger partial charge is 0.0653 e. The van der Waals surface area contributed by atoms with E-state index in [9.17, 15) is 15.3 Å². The summed E-state index contributed by atoms with van der Waals surface area (Å²) < 4.78 is 0. The van der Waals surface area contributed by atoms with Gasteiger partial charge in [0.15, 0.2) is 0 Å². The molecule has 0 aromatic heterocycles. The van der Waals surface area contributed by atoms with Crippen LogP contribution in [-0.2, 0) is 0 Å². The van der Waals surface area contributed by atoms with Crippen molar-refractivity contribution in [2.75, 3.05) is 13.2 Å². The van der Waals surface area contributed by atoms with Gasteiger partial charge in [-0.2, -0.15) is 0 Å². The van der Waals surface area contributed by atoms with Gasteiger partial charge >= 0.3 is 0 Å². The summed E-state index contributed by atoms with van der Waals surface area (Å²) in [5, 5.41) is 29.3. The van der Waals surface area contributed by atoms with Gasteiger partial charge in [-0.1, -0.05) is 13.0 Å². The van der Waals surface area contributed by atoms with E-state index in [0.29, 0.717) is 11.8 Å². The van der Waals surface area contributed by atoms with E-state index in [-0.39, 0.29) is 25.0 Å². The molecule has 1 fully saturated rings. The van der Waals surface area contributed by atoms with E-state index < -0.39 is 5.60 Å². The Morgan fingerprint density at radius 3 is 2.72 bits per heavy atom. The van der Waals surface area contributed by atoms with E-state index in [1.165, 1.54) is 0 Å². The van der Waals surface area contributed by atoms with Crippen LogP contribution in [0.3, 0.4) is 0 Å². The van der Waals surface area contributed by atoms with E-state index in [1.54, 1.807) is 0 Å². The summed E-state index contributed by atoms with van der Waals surface area (Å²) in [6, 6.07) is 0. The van der Waals surface area contributed by atoms with E-state index in [2.05, 4.69) is 13.0 Å². The highest BCUT2D eigenvalue weighted by atomic mass is 16.3. The predicted molar refractivity (Wildman–Crippen MR) is 71.0 cm³/mol. The second-order valence-electron chi connectivity index (χ2n) is 6.43. The van der Waals surface area contributed by atoms with Crippen molar-refractivity contribution in [3.63, 3.8) is 0 Å². The number of aliphatic hydroxyl groups excluding tert-OH is 2. The van der Waals surface area contributed by atoms with Crippen LogP contribution >= 0.6 is 0 Å². The molecule has 2 aliphatic carbocycles. The minimum absolute atomic E-state index is 0.131. The van der Waals surface area contributed by atoms with Crippen molar-refractivity contribution in [2.45, 2.75) is 45.1 Å². The topological polar surface area (TPSA) is 60.7 Å². The zero-order chi connectivity index (χ0) is 13.3. The summed E-state index contributed by atoms with van der Waals surface area (Å²) in [4.78, 5) is 0. The minimum atomic E-state index is -0.589. The molecule has 1 saturated carbocycles. The van der Waals surface area contributed by atoms with Gasteiger partial charge in [-0.15, -0.1) is 0 Å². The zero-order valence-corrected chi connectivity index (χ0v) is 11.5. The molecule has 104 valence electrons. The van der Waals surface area contributed by atoms with Crippen LogP contribution in [-0.4, -0.2) is 34.1 Å². The first-order chi connectivity index (χ1) is 8.49. The molecule has 0 amide bonds. The van der Waals surface area contributed by atoms with E-state index in [1.807, 2.05) is 6.92 Å². The summed E-state index contributed by atoms with van der Waals surface area (Å²) in [5.41, 5.74) is 0.512. The lowest BCUT2D eigenvalue weighted by atomic mass is 9.58. The molecule has 18 heavy (non-hydrogen) atoms. The number of fused-ring (bicyclic) bond motifs is 1. The van der Waals surface area contributed by atoms with Crippen LogP contribution in [0.2, 0.25) is 0 Å². The number of hydrogen-bond donors (Lipinski definition) is 3. The molecule has 3 N–H and O–H groups in total. The van der Waals surface area contributed by atoms with Gasteiger partial charge in [0.2, 0.25) is 0 Å². The Labute approximate surface area is 110 Å². The average molecular weight is 254 g/mol. The fourth-order valence-electron chi connectivity index (χ4n) is 3.92. The quantitative estimate of drug-likeness (QED) is 0.672. The molecule has 2 rings (SSSR count). The number of allylic oxidation sites excluding steroid dienone is 1. The first kappa shape index (κ1) is 14.0. The first-order valence-electron chi connectivity index (χ1n) is 7.13. The van der Waals surface area contributed by atoms with Crippen molar-refractivity contribution < 1.29 is 15.3 Å². The number of aliphatic hydroxyl groups is 3. The highest BCUT2D eigenvalue weighted by Gasteiger charge is 2.46. The second-order valence-corrected chi connectivity index (χ2v) is 6.43. The zero-order valence-electron chi connectivity index (χ0n) is 11.5. The van der Waals surface area contributed by atoms with E-state index in [4.69, 9.17) is 0 Å². The van der Waals surface area contributed by atoms with Crippen molar-refractivity contribution in [2.24, 2.45) is 23.7 Å². The molecule has 0 bridgehead atoms. The standard InChI is InChI=1S/C15H26O3/c1-10(8-16)12-5-6-15(2,18)14-4-3-11(9-17)7-13(12)14/h7,10,12-14,16-18H,3-6,8-9H2,1-2H3/t10-,12+,13+,14-,15-/m1/s1. The summed E-state index contributed by atoms with van der Waals surface area (Å²) in [7, 11) is 0. The molecule has 0 unspecified atom stereocenters.